The number of likely N-dealkylation sites (tertiary alicyclic amines) is 1. The Morgan fingerprint density at radius 2 is 1.77 bits per heavy atom. The standard InChI is InChI=1S/C31H37F3N8S/c1-21-22(3-4-28-26(21)15-24(18-35)42(28)14-13-40-11-9-39(2)10-12-40)19-41-7-5-23(6-8-41)38-29-27-16-25(17-31(32,33)34)43-30(27)37-20-36-29/h3-4,15-16,20,23H,5-14,17,19H2,1-2H3,(H,36,37,38). The summed E-state index contributed by atoms with van der Waals surface area (Å²) in [4.78, 5) is 16.7. The third kappa shape index (κ3) is 6.80. The minimum Gasteiger partial charge on any atom is -0.367 e. The molecule has 0 aliphatic carbocycles. The van der Waals surface area contributed by atoms with Gasteiger partial charge in [0.25, 0.3) is 0 Å². The van der Waals surface area contributed by atoms with Crippen molar-refractivity contribution in [2.45, 2.75) is 51.5 Å². The van der Waals surface area contributed by atoms with E-state index in [9.17, 15) is 18.4 Å². The number of nitrogens with zero attached hydrogens (tertiary/aromatic N) is 7. The highest BCUT2D eigenvalue weighted by molar-refractivity contribution is 7.18. The van der Waals surface area contributed by atoms with Gasteiger partial charge in [0, 0.05) is 80.7 Å². The van der Waals surface area contributed by atoms with Gasteiger partial charge in [-0.15, -0.1) is 11.3 Å². The normalized spacial score (nSPS) is 18.0. The number of alkyl halides is 3. The molecule has 0 saturated carbocycles. The van der Waals surface area contributed by atoms with Crippen LogP contribution in [0, 0.1) is 18.3 Å². The van der Waals surface area contributed by atoms with Crippen LogP contribution in [0.5, 0.6) is 0 Å². The SMILES string of the molecule is Cc1c(CN2CCC(Nc3ncnc4sc(CC(F)(F)F)cc34)CC2)ccc2c1cc(C#N)n2CCN1CCN(C)CC1. The lowest BCUT2D eigenvalue weighted by atomic mass is 10.0. The molecule has 5 heterocycles. The number of rotatable bonds is 8. The summed E-state index contributed by atoms with van der Waals surface area (Å²) in [6.07, 6.45) is -1.95. The van der Waals surface area contributed by atoms with Gasteiger partial charge in [-0.25, -0.2) is 9.97 Å². The van der Waals surface area contributed by atoms with Crippen molar-refractivity contribution in [2.75, 3.05) is 58.2 Å². The monoisotopic (exact) mass is 610 g/mol. The molecular weight excluding hydrogens is 573 g/mol. The zero-order chi connectivity index (χ0) is 30.1. The van der Waals surface area contributed by atoms with E-state index in [1.807, 2.05) is 6.07 Å². The van der Waals surface area contributed by atoms with E-state index in [1.165, 1.54) is 17.5 Å². The van der Waals surface area contributed by atoms with Crippen molar-refractivity contribution in [1.29, 1.82) is 5.26 Å². The highest BCUT2D eigenvalue weighted by Crippen LogP contribution is 2.33. The minimum atomic E-state index is -4.25. The van der Waals surface area contributed by atoms with E-state index in [0.29, 0.717) is 21.7 Å². The Balaban J connectivity index is 1.08. The molecule has 8 nitrogen and oxygen atoms in total. The topological polar surface area (TPSA) is 76.2 Å². The Bertz CT molecular complexity index is 1620. The molecule has 1 aromatic carbocycles. The van der Waals surface area contributed by atoms with E-state index >= 15 is 0 Å². The molecule has 1 N–H and O–H groups in total. The molecule has 0 unspecified atom stereocenters. The molecule has 228 valence electrons. The first-order valence-electron chi connectivity index (χ1n) is 14.9. The first-order chi connectivity index (χ1) is 20.7. The number of aromatic nitrogens is 3. The van der Waals surface area contributed by atoms with Crippen molar-refractivity contribution < 1.29 is 13.2 Å². The number of fused-ring (bicyclic) bond motifs is 2. The summed E-state index contributed by atoms with van der Waals surface area (Å²) < 4.78 is 40.9. The highest BCUT2D eigenvalue weighted by Gasteiger charge is 2.29. The molecule has 4 aromatic rings. The van der Waals surface area contributed by atoms with Crippen molar-refractivity contribution in [1.82, 2.24) is 29.2 Å². The Labute approximate surface area is 253 Å². The fourth-order valence-corrected chi connectivity index (χ4v) is 7.34. The van der Waals surface area contributed by atoms with Crippen molar-refractivity contribution >= 4 is 38.3 Å². The number of anilines is 1. The second-order valence-electron chi connectivity index (χ2n) is 11.9. The van der Waals surface area contributed by atoms with E-state index in [1.54, 1.807) is 6.07 Å². The van der Waals surface area contributed by atoms with Crippen LogP contribution in [0.3, 0.4) is 0 Å². The smallest absolute Gasteiger partial charge is 0.367 e. The van der Waals surface area contributed by atoms with Gasteiger partial charge in [-0.05, 0) is 56.1 Å². The molecule has 2 saturated heterocycles. The first kappa shape index (κ1) is 29.8. The molecule has 2 aliphatic rings. The summed E-state index contributed by atoms with van der Waals surface area (Å²) in [5, 5.41) is 15.2. The number of benzene rings is 1. The molecular formula is C31H37F3N8S. The number of thiophene rings is 1. The van der Waals surface area contributed by atoms with Crippen LogP contribution in [0.15, 0.2) is 30.6 Å². The molecule has 43 heavy (non-hydrogen) atoms. The van der Waals surface area contributed by atoms with Crippen LogP contribution in [0.1, 0.15) is 34.5 Å². The maximum Gasteiger partial charge on any atom is 0.393 e. The van der Waals surface area contributed by atoms with E-state index < -0.39 is 12.6 Å². The third-order valence-corrected chi connectivity index (χ3v) is 9.94. The second kappa shape index (κ2) is 12.4. The van der Waals surface area contributed by atoms with Gasteiger partial charge in [-0.1, -0.05) is 6.07 Å². The molecule has 2 fully saturated rings. The summed E-state index contributed by atoms with van der Waals surface area (Å²) in [7, 11) is 2.16. The Kier molecular flexibility index (Phi) is 8.60. The molecule has 0 spiro atoms. The van der Waals surface area contributed by atoms with Crippen molar-refractivity contribution in [2.24, 2.45) is 0 Å². The Hall–Kier alpha value is -3.24. The number of hydrogen-bond donors (Lipinski definition) is 1. The lowest BCUT2D eigenvalue weighted by Crippen LogP contribution is -2.45. The molecule has 0 radical (unpaired) electrons. The first-order valence-corrected chi connectivity index (χ1v) is 15.7. The van der Waals surface area contributed by atoms with E-state index in [0.717, 1.165) is 94.0 Å². The summed E-state index contributed by atoms with van der Waals surface area (Å²) in [6.45, 7) is 10.8. The number of nitrogens with one attached hydrogen (secondary N) is 1. The zero-order valence-electron chi connectivity index (χ0n) is 24.6. The van der Waals surface area contributed by atoms with Gasteiger partial charge in [0.15, 0.2) is 0 Å². The predicted molar refractivity (Wildman–Crippen MR) is 164 cm³/mol. The van der Waals surface area contributed by atoms with Crippen LogP contribution < -0.4 is 5.32 Å². The summed E-state index contributed by atoms with van der Waals surface area (Å²) >= 11 is 1.07. The number of halogens is 3. The van der Waals surface area contributed by atoms with E-state index in [2.05, 4.69) is 66.7 Å². The number of aryl methyl sites for hydroxylation is 1. The molecule has 12 heteroatoms. The zero-order valence-corrected chi connectivity index (χ0v) is 25.4. The molecule has 6 rings (SSSR count). The number of hydrogen-bond acceptors (Lipinski definition) is 8. The van der Waals surface area contributed by atoms with Crippen LogP contribution in [-0.4, -0.2) is 94.3 Å². The second-order valence-corrected chi connectivity index (χ2v) is 13.0. The number of nitriles is 1. The lowest BCUT2D eigenvalue weighted by molar-refractivity contribution is -0.126. The lowest BCUT2D eigenvalue weighted by Gasteiger charge is -2.33. The van der Waals surface area contributed by atoms with Gasteiger partial charge >= 0.3 is 6.18 Å². The minimum absolute atomic E-state index is 0.191. The van der Waals surface area contributed by atoms with Gasteiger partial charge < -0.3 is 14.8 Å². The largest absolute Gasteiger partial charge is 0.393 e. The van der Waals surface area contributed by atoms with Crippen molar-refractivity contribution in [3.63, 3.8) is 0 Å². The summed E-state index contributed by atoms with van der Waals surface area (Å²) in [6, 6.07) is 10.6. The Morgan fingerprint density at radius 3 is 2.49 bits per heavy atom. The fraction of sp³-hybridized carbons (Fsp3) is 0.516. The van der Waals surface area contributed by atoms with Gasteiger partial charge in [0.1, 0.15) is 28.7 Å². The number of likely N-dealkylation sites (N-methyl/N-ethyl adjacent to an activating group) is 1. The predicted octanol–water partition coefficient (Wildman–Crippen LogP) is 5.25. The highest BCUT2D eigenvalue weighted by atomic mass is 32.1. The van der Waals surface area contributed by atoms with Crippen LogP contribution in [0.2, 0.25) is 0 Å². The van der Waals surface area contributed by atoms with Gasteiger partial charge in [0.05, 0.1) is 11.8 Å². The van der Waals surface area contributed by atoms with Crippen LogP contribution in [0.4, 0.5) is 19.0 Å². The molecule has 3 aromatic heterocycles. The maximum absolute atomic E-state index is 12.9. The average molecular weight is 611 g/mol. The van der Waals surface area contributed by atoms with Gasteiger partial charge in [-0.2, -0.15) is 18.4 Å². The average Bonchev–Trinajstić information content (AvgIpc) is 3.55. The Morgan fingerprint density at radius 1 is 1.00 bits per heavy atom. The van der Waals surface area contributed by atoms with Crippen LogP contribution in [0.25, 0.3) is 21.1 Å². The van der Waals surface area contributed by atoms with E-state index in [4.69, 9.17) is 0 Å². The van der Waals surface area contributed by atoms with Gasteiger partial charge in [-0.3, -0.25) is 9.80 Å². The molecule has 0 amide bonds. The maximum atomic E-state index is 12.9. The quantitative estimate of drug-likeness (QED) is 0.292. The van der Waals surface area contributed by atoms with Crippen molar-refractivity contribution in [3.05, 3.63) is 52.3 Å². The summed E-state index contributed by atoms with van der Waals surface area (Å²) in [5.41, 5.74) is 4.33. The number of piperazine rings is 1. The van der Waals surface area contributed by atoms with Crippen LogP contribution in [-0.2, 0) is 19.5 Å². The van der Waals surface area contributed by atoms with Crippen LogP contribution >= 0.6 is 11.3 Å². The fourth-order valence-electron chi connectivity index (χ4n) is 6.31. The summed E-state index contributed by atoms with van der Waals surface area (Å²) in [5.74, 6) is 0.611. The molecule has 2 aliphatic heterocycles. The van der Waals surface area contributed by atoms with Gasteiger partial charge in [0.2, 0.25) is 0 Å². The third-order valence-electron chi connectivity index (χ3n) is 8.89. The molecule has 0 atom stereocenters. The van der Waals surface area contributed by atoms with Crippen molar-refractivity contribution in [3.8, 4) is 6.07 Å². The molecule has 0 bridgehead atoms. The van der Waals surface area contributed by atoms with E-state index in [-0.39, 0.29) is 10.9 Å². The number of piperidine rings is 1.